The quantitative estimate of drug-likeness (QED) is 0.365. The van der Waals surface area contributed by atoms with E-state index in [0.717, 1.165) is 0 Å². The summed E-state index contributed by atoms with van der Waals surface area (Å²) in [5, 5.41) is 9.20. The maximum absolute atomic E-state index is 12.0. The second kappa shape index (κ2) is 5.02. The molecule has 23 heavy (non-hydrogen) atoms. The Labute approximate surface area is 131 Å². The highest BCUT2D eigenvalue weighted by molar-refractivity contribution is 7.88. The van der Waals surface area contributed by atoms with Crippen LogP contribution in [0.4, 0.5) is 0 Å². The molecule has 0 aliphatic carbocycles. The minimum atomic E-state index is -4.12. The zero-order valence-corrected chi connectivity index (χ0v) is 12.9. The number of hydrogen-bond donors (Lipinski definition) is 0. The number of hydrogen-bond acceptors (Lipinski definition) is 9. The molecule has 3 fully saturated rings. The summed E-state index contributed by atoms with van der Waals surface area (Å²) in [6.45, 7) is 4.16. The summed E-state index contributed by atoms with van der Waals surface area (Å²) in [6, 6.07) is 1.76. The summed E-state index contributed by atoms with van der Waals surface area (Å²) in [4.78, 5) is 22.9. The van der Waals surface area contributed by atoms with Crippen LogP contribution in [0, 0.1) is 11.3 Å². The lowest BCUT2D eigenvalue weighted by Crippen LogP contribution is -2.48. The standard InChI is InChI=1S/C13H13NO8S/c1-6(2)12(16)19-4-8(15)21-9-7-3-13(5-14)11(20-7)10(9)22-23(13,17)18/h7,9-11H,1,3-4H2,2H3. The molecule has 3 aliphatic rings. The van der Waals surface area contributed by atoms with E-state index in [-0.39, 0.29) is 12.0 Å². The Kier molecular flexibility index (Phi) is 3.47. The van der Waals surface area contributed by atoms with Gasteiger partial charge in [0.1, 0.15) is 18.3 Å². The van der Waals surface area contributed by atoms with Crippen LogP contribution >= 0.6 is 0 Å². The fourth-order valence-corrected chi connectivity index (χ4v) is 4.63. The fourth-order valence-electron chi connectivity index (χ4n) is 3.00. The van der Waals surface area contributed by atoms with Gasteiger partial charge in [0.05, 0.1) is 6.07 Å². The number of esters is 2. The molecule has 5 unspecified atom stereocenters. The monoisotopic (exact) mass is 343 g/mol. The molecule has 3 heterocycles. The average molecular weight is 343 g/mol. The highest BCUT2D eigenvalue weighted by Crippen LogP contribution is 2.54. The lowest BCUT2D eigenvalue weighted by Gasteiger charge is -2.24. The molecule has 0 saturated carbocycles. The Morgan fingerprint density at radius 1 is 1.48 bits per heavy atom. The van der Waals surface area contributed by atoms with E-state index in [9.17, 15) is 23.3 Å². The number of carbonyl (C=O) groups excluding carboxylic acids is 2. The molecule has 3 aliphatic heterocycles. The maximum Gasteiger partial charge on any atom is 0.344 e. The Morgan fingerprint density at radius 2 is 2.17 bits per heavy atom. The highest BCUT2D eigenvalue weighted by atomic mass is 32.2. The van der Waals surface area contributed by atoms with Gasteiger partial charge in [0.2, 0.25) is 4.75 Å². The molecule has 10 heteroatoms. The van der Waals surface area contributed by atoms with Gasteiger partial charge in [-0.05, 0) is 6.92 Å². The second-order valence-corrected chi connectivity index (χ2v) is 7.46. The van der Waals surface area contributed by atoms with Crippen LogP contribution in [-0.4, -0.2) is 56.1 Å². The molecule has 0 aromatic rings. The first-order valence-corrected chi connectivity index (χ1v) is 8.14. The van der Waals surface area contributed by atoms with E-state index in [1.165, 1.54) is 6.92 Å². The minimum Gasteiger partial charge on any atom is -0.454 e. The van der Waals surface area contributed by atoms with E-state index in [1.807, 2.05) is 0 Å². The van der Waals surface area contributed by atoms with E-state index >= 15 is 0 Å². The molecule has 9 nitrogen and oxygen atoms in total. The number of nitriles is 1. The van der Waals surface area contributed by atoms with Gasteiger partial charge in [0.25, 0.3) is 10.1 Å². The molecular weight excluding hydrogens is 330 g/mol. The molecule has 124 valence electrons. The Balaban J connectivity index is 1.67. The van der Waals surface area contributed by atoms with E-state index in [2.05, 4.69) is 11.3 Å². The number of rotatable bonds is 4. The number of ether oxygens (including phenoxy) is 3. The first-order chi connectivity index (χ1) is 10.7. The third-order valence-electron chi connectivity index (χ3n) is 4.08. The van der Waals surface area contributed by atoms with Crippen LogP contribution < -0.4 is 0 Å². The number of fused-ring (bicyclic) bond motifs is 1. The summed E-state index contributed by atoms with van der Waals surface area (Å²) < 4.78 is 42.4. The SMILES string of the molecule is C=C(C)C(=O)OCC(=O)OC1C2CC3(C#N)C(O2)C1OS3(=O)=O. The fraction of sp³-hybridized carbons (Fsp3) is 0.615. The molecule has 0 aromatic heterocycles. The molecule has 5 atom stereocenters. The zero-order chi connectivity index (χ0) is 17.0. The largest absolute Gasteiger partial charge is 0.454 e. The number of carbonyl (C=O) groups is 2. The van der Waals surface area contributed by atoms with Crippen molar-refractivity contribution in [2.45, 2.75) is 42.5 Å². The first kappa shape index (κ1) is 15.9. The van der Waals surface area contributed by atoms with E-state index in [0.29, 0.717) is 0 Å². The summed E-state index contributed by atoms with van der Waals surface area (Å²) in [5.74, 6) is -1.61. The summed E-state index contributed by atoms with van der Waals surface area (Å²) in [5.41, 5.74) is 0.130. The molecule has 3 rings (SSSR count). The van der Waals surface area contributed by atoms with Crippen molar-refractivity contribution in [1.82, 2.24) is 0 Å². The van der Waals surface area contributed by atoms with Crippen LogP contribution in [-0.2, 0) is 38.1 Å². The van der Waals surface area contributed by atoms with Crippen molar-refractivity contribution in [1.29, 1.82) is 5.26 Å². The van der Waals surface area contributed by atoms with Crippen LogP contribution in [0.5, 0.6) is 0 Å². The van der Waals surface area contributed by atoms with Gasteiger partial charge in [0, 0.05) is 12.0 Å². The molecule has 0 spiro atoms. The molecule has 0 N–H and O–H groups in total. The smallest absolute Gasteiger partial charge is 0.344 e. The summed E-state index contributed by atoms with van der Waals surface area (Å²) in [7, 11) is -4.12. The second-order valence-electron chi connectivity index (χ2n) is 5.63. The van der Waals surface area contributed by atoms with Crippen LogP contribution in [0.25, 0.3) is 0 Å². The van der Waals surface area contributed by atoms with Gasteiger partial charge in [-0.25, -0.2) is 9.59 Å². The predicted molar refractivity (Wildman–Crippen MR) is 71.1 cm³/mol. The Hall–Kier alpha value is -1.96. The third-order valence-corrected chi connectivity index (χ3v) is 5.94. The molecule has 0 aromatic carbocycles. The summed E-state index contributed by atoms with van der Waals surface area (Å²) >= 11 is 0. The zero-order valence-electron chi connectivity index (χ0n) is 12.1. The van der Waals surface area contributed by atoms with Crippen LogP contribution in [0.15, 0.2) is 12.2 Å². The van der Waals surface area contributed by atoms with Crippen molar-refractivity contribution >= 4 is 22.1 Å². The lowest BCUT2D eigenvalue weighted by molar-refractivity contribution is -0.164. The topological polar surface area (TPSA) is 129 Å². The molecular formula is C13H13NO8S. The normalized spacial score (nSPS) is 38.8. The average Bonchev–Trinajstić information content (AvgIpc) is 3.05. The van der Waals surface area contributed by atoms with Gasteiger partial charge in [-0.2, -0.15) is 13.7 Å². The van der Waals surface area contributed by atoms with Crippen molar-refractivity contribution in [2.75, 3.05) is 6.61 Å². The van der Waals surface area contributed by atoms with Crippen molar-refractivity contribution < 1.29 is 36.4 Å². The molecule has 0 amide bonds. The van der Waals surface area contributed by atoms with Gasteiger partial charge < -0.3 is 14.2 Å². The minimum absolute atomic E-state index is 0.128. The maximum atomic E-state index is 12.0. The van der Waals surface area contributed by atoms with E-state index < -0.39 is 57.8 Å². The van der Waals surface area contributed by atoms with Gasteiger partial charge in [-0.1, -0.05) is 6.58 Å². The Bertz CT molecular complexity index is 738. The van der Waals surface area contributed by atoms with Crippen molar-refractivity contribution in [3.63, 3.8) is 0 Å². The van der Waals surface area contributed by atoms with Gasteiger partial charge in [-0.15, -0.1) is 0 Å². The van der Waals surface area contributed by atoms with E-state index in [1.54, 1.807) is 6.07 Å². The van der Waals surface area contributed by atoms with Gasteiger partial charge in [-0.3, -0.25) is 4.18 Å². The van der Waals surface area contributed by atoms with Crippen LogP contribution in [0.3, 0.4) is 0 Å². The lowest BCUT2D eigenvalue weighted by atomic mass is 9.85. The van der Waals surface area contributed by atoms with Crippen LogP contribution in [0.1, 0.15) is 13.3 Å². The third kappa shape index (κ3) is 2.15. The van der Waals surface area contributed by atoms with Crippen molar-refractivity contribution in [2.24, 2.45) is 0 Å². The van der Waals surface area contributed by atoms with Crippen LogP contribution in [0.2, 0.25) is 0 Å². The molecule has 2 bridgehead atoms. The Morgan fingerprint density at radius 3 is 2.78 bits per heavy atom. The molecule has 3 saturated heterocycles. The first-order valence-electron chi connectivity index (χ1n) is 6.73. The van der Waals surface area contributed by atoms with Crippen molar-refractivity contribution in [3.8, 4) is 6.07 Å². The van der Waals surface area contributed by atoms with E-state index in [4.69, 9.17) is 13.7 Å². The number of nitrogens with zero attached hydrogens (tertiary/aromatic N) is 1. The predicted octanol–water partition coefficient (Wildman–Crippen LogP) is -0.820. The summed E-state index contributed by atoms with van der Waals surface area (Å²) in [6.07, 6.45) is -3.88. The van der Waals surface area contributed by atoms with Gasteiger partial charge in [0.15, 0.2) is 12.7 Å². The van der Waals surface area contributed by atoms with Crippen molar-refractivity contribution in [3.05, 3.63) is 12.2 Å². The molecule has 0 radical (unpaired) electrons. The highest BCUT2D eigenvalue weighted by Gasteiger charge is 2.76. The van der Waals surface area contributed by atoms with Gasteiger partial charge >= 0.3 is 11.9 Å².